The third kappa shape index (κ3) is 8.61. The predicted molar refractivity (Wildman–Crippen MR) is 106 cm³/mol. The lowest BCUT2D eigenvalue weighted by Crippen LogP contribution is -2.46. The van der Waals surface area contributed by atoms with Gasteiger partial charge in [-0.2, -0.15) is 8.78 Å². The monoisotopic (exact) mass is 413 g/mol. The van der Waals surface area contributed by atoms with Gasteiger partial charge in [-0.3, -0.25) is 9.69 Å². The molecule has 2 N–H and O–H groups in total. The average Bonchev–Trinajstić information content (AvgIpc) is 2.70. The third-order valence-electron chi connectivity index (χ3n) is 4.33. The Hall–Kier alpha value is -2.46. The molecule has 0 bridgehead atoms. The number of rotatable bonds is 9. The average molecular weight is 413 g/mol. The number of aliphatic imine (C=N–C) groups is 1. The van der Waals surface area contributed by atoms with E-state index in [1.807, 2.05) is 0 Å². The van der Waals surface area contributed by atoms with Crippen molar-refractivity contribution in [1.82, 2.24) is 20.4 Å². The number of hydrogen-bond donors (Lipinski definition) is 2. The van der Waals surface area contributed by atoms with Crippen LogP contribution in [0.5, 0.6) is 5.75 Å². The topological polar surface area (TPSA) is 78.4 Å². The number of likely N-dealkylation sites (N-methyl/N-ethyl adjacent to an activating group) is 1. The molecule has 10 heteroatoms. The molecule has 8 nitrogen and oxygen atoms in total. The summed E-state index contributed by atoms with van der Waals surface area (Å²) in [6.07, 6.45) is 0. The molecule has 1 aliphatic heterocycles. The number of amides is 1. The molecule has 0 radical (unpaired) electrons. The van der Waals surface area contributed by atoms with Gasteiger partial charge in [-0.05, 0) is 6.07 Å². The number of morpholine rings is 1. The van der Waals surface area contributed by atoms with Gasteiger partial charge in [0.05, 0.1) is 26.3 Å². The van der Waals surface area contributed by atoms with E-state index in [2.05, 4.69) is 25.3 Å². The summed E-state index contributed by atoms with van der Waals surface area (Å²) >= 11 is 0. The molecule has 0 spiro atoms. The molecule has 1 aromatic rings. The van der Waals surface area contributed by atoms with Crippen molar-refractivity contribution in [2.75, 3.05) is 60.0 Å². The number of alkyl halides is 2. The second-order valence-corrected chi connectivity index (χ2v) is 6.67. The molecule has 1 saturated heterocycles. The van der Waals surface area contributed by atoms with E-state index >= 15 is 0 Å². The van der Waals surface area contributed by atoms with Gasteiger partial charge in [0.2, 0.25) is 5.91 Å². The van der Waals surface area contributed by atoms with E-state index < -0.39 is 6.61 Å². The zero-order valence-corrected chi connectivity index (χ0v) is 16.9. The van der Waals surface area contributed by atoms with Gasteiger partial charge in [0, 0.05) is 45.8 Å². The minimum absolute atomic E-state index is 0.0750. The van der Waals surface area contributed by atoms with Crippen LogP contribution in [0.2, 0.25) is 0 Å². The lowest BCUT2D eigenvalue weighted by Gasteiger charge is -2.26. The third-order valence-corrected chi connectivity index (χ3v) is 4.33. The Morgan fingerprint density at radius 2 is 2.00 bits per heavy atom. The van der Waals surface area contributed by atoms with Crippen LogP contribution in [0.3, 0.4) is 0 Å². The first-order valence-corrected chi connectivity index (χ1v) is 9.51. The molecule has 2 rings (SSSR count). The normalized spacial score (nSPS) is 15.3. The number of hydrogen-bond acceptors (Lipinski definition) is 5. The van der Waals surface area contributed by atoms with Crippen molar-refractivity contribution < 1.29 is 23.0 Å². The number of carbonyl (C=O) groups excluding carboxylic acids is 1. The largest absolute Gasteiger partial charge is 0.434 e. The highest BCUT2D eigenvalue weighted by molar-refractivity contribution is 5.86. The number of halogens is 2. The zero-order chi connectivity index (χ0) is 21.1. The minimum Gasteiger partial charge on any atom is -0.434 e. The molecule has 1 aliphatic rings. The maximum absolute atomic E-state index is 12.6. The van der Waals surface area contributed by atoms with Crippen molar-refractivity contribution in [2.24, 2.45) is 4.99 Å². The first kappa shape index (κ1) is 22.8. The van der Waals surface area contributed by atoms with Crippen molar-refractivity contribution in [3.8, 4) is 5.75 Å². The number of benzene rings is 1. The second kappa shape index (κ2) is 12.2. The van der Waals surface area contributed by atoms with Crippen LogP contribution in [-0.4, -0.2) is 88.3 Å². The summed E-state index contributed by atoms with van der Waals surface area (Å²) in [6.45, 7) is 1.92. The van der Waals surface area contributed by atoms with E-state index in [1.165, 1.54) is 11.0 Å². The summed E-state index contributed by atoms with van der Waals surface area (Å²) in [5.41, 5.74) is 0.529. The van der Waals surface area contributed by atoms with E-state index in [-0.39, 0.29) is 24.7 Å². The van der Waals surface area contributed by atoms with Crippen molar-refractivity contribution in [2.45, 2.75) is 13.2 Å². The highest BCUT2D eigenvalue weighted by Gasteiger charge is 2.12. The first-order chi connectivity index (χ1) is 14.0. The van der Waals surface area contributed by atoms with E-state index in [0.29, 0.717) is 18.1 Å². The molecular weight excluding hydrogens is 384 g/mol. The zero-order valence-electron chi connectivity index (χ0n) is 16.9. The first-order valence-electron chi connectivity index (χ1n) is 9.51. The highest BCUT2D eigenvalue weighted by Crippen LogP contribution is 2.20. The number of guanidine groups is 1. The van der Waals surface area contributed by atoms with Crippen LogP contribution in [0.15, 0.2) is 29.3 Å². The summed E-state index contributed by atoms with van der Waals surface area (Å²) in [6, 6.07) is 6.52. The van der Waals surface area contributed by atoms with Crippen molar-refractivity contribution in [1.29, 1.82) is 0 Å². The van der Waals surface area contributed by atoms with Gasteiger partial charge < -0.3 is 25.0 Å². The summed E-state index contributed by atoms with van der Waals surface area (Å²) < 4.78 is 35.1. The molecule has 0 aromatic heterocycles. The fourth-order valence-corrected chi connectivity index (χ4v) is 2.66. The van der Waals surface area contributed by atoms with Crippen LogP contribution in [-0.2, 0) is 16.1 Å². The predicted octanol–water partition coefficient (Wildman–Crippen LogP) is 0.744. The second-order valence-electron chi connectivity index (χ2n) is 6.67. The Morgan fingerprint density at radius 3 is 2.69 bits per heavy atom. The van der Waals surface area contributed by atoms with Gasteiger partial charge in [0.1, 0.15) is 5.75 Å². The summed E-state index contributed by atoms with van der Waals surface area (Å²) in [5.74, 6) is 0.415. The Balaban J connectivity index is 1.98. The fraction of sp³-hybridized carbons (Fsp3) is 0.579. The Labute approximate surface area is 169 Å². The van der Waals surface area contributed by atoms with Gasteiger partial charge in [-0.15, -0.1) is 0 Å². The molecular formula is C19H29F2N5O3. The Morgan fingerprint density at radius 1 is 1.28 bits per heavy atom. The molecule has 1 fully saturated rings. The van der Waals surface area contributed by atoms with E-state index in [1.54, 1.807) is 32.3 Å². The maximum atomic E-state index is 12.6. The quantitative estimate of drug-likeness (QED) is 0.459. The summed E-state index contributed by atoms with van der Waals surface area (Å²) in [5, 5.41) is 6.17. The molecule has 29 heavy (non-hydrogen) atoms. The minimum atomic E-state index is -2.90. The van der Waals surface area contributed by atoms with Crippen LogP contribution in [0.25, 0.3) is 0 Å². The highest BCUT2D eigenvalue weighted by atomic mass is 19.3. The molecule has 1 heterocycles. The van der Waals surface area contributed by atoms with Crippen LogP contribution in [0, 0.1) is 0 Å². The molecule has 0 saturated carbocycles. The van der Waals surface area contributed by atoms with Crippen molar-refractivity contribution in [3.63, 3.8) is 0 Å². The van der Waals surface area contributed by atoms with Crippen LogP contribution in [0.1, 0.15) is 5.56 Å². The molecule has 162 valence electrons. The van der Waals surface area contributed by atoms with Crippen molar-refractivity contribution in [3.05, 3.63) is 29.8 Å². The molecule has 0 unspecified atom stereocenters. The number of carbonyl (C=O) groups is 1. The Kier molecular flexibility index (Phi) is 9.58. The maximum Gasteiger partial charge on any atom is 0.387 e. The standard InChI is InChI=1S/C19H29F2N5O3/c1-25(2)17(27)14-24-19(22-7-8-26-9-11-28-12-10-26)23-13-15-5-3-4-6-16(15)29-18(20)21/h3-6,18H,7-14H2,1-2H3,(H2,22,23,24). The van der Waals surface area contributed by atoms with E-state index in [0.717, 1.165) is 32.8 Å². The van der Waals surface area contributed by atoms with Crippen LogP contribution >= 0.6 is 0 Å². The molecule has 0 aliphatic carbocycles. The number of nitrogens with one attached hydrogen (secondary N) is 2. The summed E-state index contributed by atoms with van der Waals surface area (Å²) in [4.78, 5) is 20.0. The lowest BCUT2D eigenvalue weighted by atomic mass is 10.2. The van der Waals surface area contributed by atoms with E-state index in [9.17, 15) is 13.6 Å². The van der Waals surface area contributed by atoms with Gasteiger partial charge >= 0.3 is 6.61 Å². The van der Waals surface area contributed by atoms with Crippen molar-refractivity contribution >= 4 is 11.9 Å². The number of para-hydroxylation sites is 1. The molecule has 1 aromatic carbocycles. The van der Waals surface area contributed by atoms with Crippen LogP contribution in [0.4, 0.5) is 8.78 Å². The molecule has 0 atom stereocenters. The Bertz CT molecular complexity index is 667. The smallest absolute Gasteiger partial charge is 0.387 e. The molecule has 1 amide bonds. The number of ether oxygens (including phenoxy) is 2. The van der Waals surface area contributed by atoms with Crippen LogP contribution < -0.4 is 15.4 Å². The fourth-order valence-electron chi connectivity index (χ4n) is 2.66. The SMILES string of the molecule is CN(C)C(=O)CNC(=NCc1ccccc1OC(F)F)NCCN1CCOCC1. The van der Waals surface area contributed by atoms with Gasteiger partial charge in [-0.25, -0.2) is 4.99 Å². The summed E-state index contributed by atoms with van der Waals surface area (Å²) in [7, 11) is 3.34. The number of nitrogens with zero attached hydrogens (tertiary/aromatic N) is 3. The lowest BCUT2D eigenvalue weighted by molar-refractivity contribution is -0.127. The van der Waals surface area contributed by atoms with Gasteiger partial charge in [0.25, 0.3) is 0 Å². The van der Waals surface area contributed by atoms with E-state index in [4.69, 9.17) is 4.74 Å². The van der Waals surface area contributed by atoms with Gasteiger partial charge in [0.15, 0.2) is 5.96 Å². The van der Waals surface area contributed by atoms with Gasteiger partial charge in [-0.1, -0.05) is 18.2 Å².